The zero-order valence-corrected chi connectivity index (χ0v) is 12.2. The summed E-state index contributed by atoms with van der Waals surface area (Å²) < 4.78 is 5.77. The van der Waals surface area contributed by atoms with E-state index in [0.29, 0.717) is 12.4 Å². The molecular weight excluding hydrogens is 274 g/mol. The molecule has 1 atom stereocenters. The van der Waals surface area contributed by atoms with Crippen LogP contribution in [0.15, 0.2) is 27.7 Å². The minimum atomic E-state index is -0.122. The van der Waals surface area contributed by atoms with Gasteiger partial charge in [-0.05, 0) is 29.3 Å². The average molecular weight is 291 g/mol. The summed E-state index contributed by atoms with van der Waals surface area (Å²) in [6, 6.07) is 3.68. The highest BCUT2D eigenvalue weighted by molar-refractivity contribution is 7.07. The number of rotatable bonds is 3. The molecule has 2 aromatic heterocycles. The summed E-state index contributed by atoms with van der Waals surface area (Å²) in [6.07, 6.45) is -0.122. The van der Waals surface area contributed by atoms with E-state index >= 15 is 0 Å². The van der Waals surface area contributed by atoms with Gasteiger partial charge in [0.05, 0.1) is 12.3 Å². The maximum Gasteiger partial charge on any atom is 0.251 e. The Balaban J connectivity index is 1.72. The first-order valence-corrected chi connectivity index (χ1v) is 7.58. The van der Waals surface area contributed by atoms with E-state index in [1.807, 2.05) is 0 Å². The summed E-state index contributed by atoms with van der Waals surface area (Å²) in [5, 5.41) is 4.26. The van der Waals surface area contributed by atoms with Crippen molar-refractivity contribution >= 4 is 11.3 Å². The Labute approximate surface area is 121 Å². The fourth-order valence-corrected chi connectivity index (χ4v) is 3.09. The molecule has 1 aliphatic rings. The minimum Gasteiger partial charge on any atom is -0.369 e. The number of thiophene rings is 1. The summed E-state index contributed by atoms with van der Waals surface area (Å²) in [7, 11) is 0. The number of nitrogens with zero attached hydrogens (tertiary/aromatic N) is 2. The second kappa shape index (κ2) is 5.87. The summed E-state index contributed by atoms with van der Waals surface area (Å²) in [6.45, 7) is 5.06. The molecule has 0 amide bonds. The van der Waals surface area contributed by atoms with E-state index in [4.69, 9.17) is 4.74 Å². The number of hydrogen-bond acceptors (Lipinski definition) is 5. The third-order valence-electron chi connectivity index (χ3n) is 3.35. The summed E-state index contributed by atoms with van der Waals surface area (Å²) >= 11 is 1.71. The van der Waals surface area contributed by atoms with E-state index in [-0.39, 0.29) is 11.7 Å². The van der Waals surface area contributed by atoms with Crippen molar-refractivity contribution in [2.45, 2.75) is 19.6 Å². The summed E-state index contributed by atoms with van der Waals surface area (Å²) in [4.78, 5) is 20.9. The molecule has 20 heavy (non-hydrogen) atoms. The lowest BCUT2D eigenvalue weighted by molar-refractivity contribution is -0.0351. The lowest BCUT2D eigenvalue weighted by Crippen LogP contribution is -2.38. The van der Waals surface area contributed by atoms with Crippen LogP contribution in [0.1, 0.15) is 23.2 Å². The van der Waals surface area contributed by atoms with Crippen molar-refractivity contribution in [2.24, 2.45) is 0 Å². The number of ether oxygens (including phenoxy) is 1. The van der Waals surface area contributed by atoms with Gasteiger partial charge in [0.25, 0.3) is 5.56 Å². The zero-order chi connectivity index (χ0) is 13.9. The molecule has 3 heterocycles. The highest BCUT2D eigenvalue weighted by Gasteiger charge is 2.23. The van der Waals surface area contributed by atoms with Crippen LogP contribution in [0.25, 0.3) is 0 Å². The molecular formula is C14H17N3O2S. The van der Waals surface area contributed by atoms with Crippen LogP contribution in [0, 0.1) is 6.92 Å². The SMILES string of the molecule is Cc1nc([C@H]2CN(Cc3ccsc3)CCO2)cc(=O)[nH]1. The van der Waals surface area contributed by atoms with Crippen LogP contribution in [0.4, 0.5) is 0 Å². The van der Waals surface area contributed by atoms with Gasteiger partial charge in [0.2, 0.25) is 0 Å². The Morgan fingerprint density at radius 1 is 1.60 bits per heavy atom. The minimum absolute atomic E-state index is 0.119. The number of morpholine rings is 1. The summed E-state index contributed by atoms with van der Waals surface area (Å²) in [5.74, 6) is 0.631. The molecule has 3 rings (SSSR count). The quantitative estimate of drug-likeness (QED) is 0.935. The van der Waals surface area contributed by atoms with E-state index in [1.165, 1.54) is 11.6 Å². The van der Waals surface area contributed by atoms with Gasteiger partial charge < -0.3 is 9.72 Å². The molecule has 0 radical (unpaired) electrons. The zero-order valence-electron chi connectivity index (χ0n) is 11.3. The Kier molecular flexibility index (Phi) is 3.95. The van der Waals surface area contributed by atoms with Gasteiger partial charge in [-0.15, -0.1) is 0 Å². The number of aromatic nitrogens is 2. The third-order valence-corrected chi connectivity index (χ3v) is 4.08. The molecule has 106 valence electrons. The fourth-order valence-electron chi connectivity index (χ4n) is 2.43. The van der Waals surface area contributed by atoms with Gasteiger partial charge in [0.15, 0.2) is 0 Å². The van der Waals surface area contributed by atoms with Crippen molar-refractivity contribution in [2.75, 3.05) is 19.7 Å². The predicted molar refractivity (Wildman–Crippen MR) is 77.9 cm³/mol. The molecule has 0 aromatic carbocycles. The second-order valence-electron chi connectivity index (χ2n) is 4.98. The van der Waals surface area contributed by atoms with Crippen LogP contribution in [0.3, 0.4) is 0 Å². The highest BCUT2D eigenvalue weighted by atomic mass is 32.1. The molecule has 0 saturated carbocycles. The molecule has 0 unspecified atom stereocenters. The summed E-state index contributed by atoms with van der Waals surface area (Å²) in [5.41, 5.74) is 1.93. The molecule has 0 bridgehead atoms. The number of H-pyrrole nitrogens is 1. The molecule has 0 aliphatic carbocycles. The molecule has 0 spiro atoms. The Hall–Kier alpha value is -1.50. The van der Waals surface area contributed by atoms with Crippen molar-refractivity contribution in [3.8, 4) is 0 Å². The normalized spacial score (nSPS) is 20.1. The Bertz CT molecular complexity index is 624. The largest absolute Gasteiger partial charge is 0.369 e. The maximum atomic E-state index is 11.5. The van der Waals surface area contributed by atoms with E-state index < -0.39 is 0 Å². The predicted octanol–water partition coefficient (Wildman–Crippen LogP) is 1.71. The first kappa shape index (κ1) is 13.5. The molecule has 1 fully saturated rings. The average Bonchev–Trinajstić information content (AvgIpc) is 2.91. The van der Waals surface area contributed by atoms with Crippen LogP contribution in [-0.4, -0.2) is 34.6 Å². The number of hydrogen-bond donors (Lipinski definition) is 1. The van der Waals surface area contributed by atoms with Crippen LogP contribution >= 0.6 is 11.3 Å². The van der Waals surface area contributed by atoms with Crippen molar-refractivity contribution in [1.82, 2.24) is 14.9 Å². The number of nitrogens with one attached hydrogen (secondary N) is 1. The van der Waals surface area contributed by atoms with E-state index in [0.717, 1.165) is 25.3 Å². The molecule has 1 saturated heterocycles. The van der Waals surface area contributed by atoms with Crippen molar-refractivity contribution in [3.63, 3.8) is 0 Å². The molecule has 1 N–H and O–H groups in total. The number of aromatic amines is 1. The Morgan fingerprint density at radius 3 is 3.25 bits per heavy atom. The first-order chi connectivity index (χ1) is 9.70. The third kappa shape index (κ3) is 3.15. The van der Waals surface area contributed by atoms with Gasteiger partial charge in [-0.25, -0.2) is 4.98 Å². The standard InChI is InChI=1S/C14H17N3O2S/c1-10-15-12(6-14(18)16-10)13-8-17(3-4-19-13)7-11-2-5-20-9-11/h2,5-6,9,13H,3-4,7-8H2,1H3,(H,15,16,18)/t13-/m1/s1. The van der Waals surface area contributed by atoms with E-state index in [9.17, 15) is 4.79 Å². The lowest BCUT2D eigenvalue weighted by atomic mass is 10.2. The van der Waals surface area contributed by atoms with Gasteiger partial charge in [-0.2, -0.15) is 11.3 Å². The van der Waals surface area contributed by atoms with Gasteiger partial charge >= 0.3 is 0 Å². The van der Waals surface area contributed by atoms with E-state index in [2.05, 4.69) is 31.7 Å². The van der Waals surface area contributed by atoms with Crippen LogP contribution in [-0.2, 0) is 11.3 Å². The lowest BCUT2D eigenvalue weighted by Gasteiger charge is -2.32. The topological polar surface area (TPSA) is 58.2 Å². The van der Waals surface area contributed by atoms with Crippen molar-refractivity contribution in [1.29, 1.82) is 0 Å². The molecule has 6 heteroatoms. The number of aryl methyl sites for hydroxylation is 1. The van der Waals surface area contributed by atoms with Crippen molar-refractivity contribution in [3.05, 3.63) is 50.3 Å². The van der Waals surface area contributed by atoms with Crippen LogP contribution in [0.2, 0.25) is 0 Å². The molecule has 1 aliphatic heterocycles. The molecule has 2 aromatic rings. The highest BCUT2D eigenvalue weighted by Crippen LogP contribution is 2.21. The first-order valence-electron chi connectivity index (χ1n) is 6.63. The van der Waals surface area contributed by atoms with Gasteiger partial charge in [-0.1, -0.05) is 0 Å². The van der Waals surface area contributed by atoms with Crippen molar-refractivity contribution < 1.29 is 4.74 Å². The smallest absolute Gasteiger partial charge is 0.251 e. The van der Waals surface area contributed by atoms with Gasteiger partial charge in [0.1, 0.15) is 11.9 Å². The molecule has 5 nitrogen and oxygen atoms in total. The monoisotopic (exact) mass is 291 g/mol. The van der Waals surface area contributed by atoms with E-state index in [1.54, 1.807) is 18.3 Å². The Morgan fingerprint density at radius 2 is 2.50 bits per heavy atom. The fraction of sp³-hybridized carbons (Fsp3) is 0.429. The second-order valence-corrected chi connectivity index (χ2v) is 5.76. The van der Waals surface area contributed by atoms with Gasteiger partial charge in [-0.3, -0.25) is 9.69 Å². The van der Waals surface area contributed by atoms with Crippen LogP contribution < -0.4 is 5.56 Å². The van der Waals surface area contributed by atoms with Gasteiger partial charge in [0, 0.05) is 25.7 Å². The maximum absolute atomic E-state index is 11.5. The van der Waals surface area contributed by atoms with Crippen LogP contribution in [0.5, 0.6) is 0 Å².